The average Bonchev–Trinajstić information content (AvgIpc) is 3.16. The fourth-order valence-electron chi connectivity index (χ4n) is 3.75. The van der Waals surface area contributed by atoms with Gasteiger partial charge >= 0.3 is 0 Å². The molecule has 2 aliphatic rings. The molecule has 0 bridgehead atoms. The van der Waals surface area contributed by atoms with Gasteiger partial charge in [0.15, 0.2) is 6.10 Å². The Morgan fingerprint density at radius 3 is 2.28 bits per heavy atom. The van der Waals surface area contributed by atoms with Crippen molar-refractivity contribution in [3.05, 3.63) is 34.9 Å². The highest BCUT2D eigenvalue weighted by Crippen LogP contribution is 2.27. The van der Waals surface area contributed by atoms with Crippen LogP contribution in [-0.2, 0) is 9.59 Å². The van der Waals surface area contributed by atoms with Gasteiger partial charge in [0.25, 0.3) is 5.91 Å². The maximum Gasteiger partial charge on any atom is 0.253 e. The molecule has 1 aromatic rings. The lowest BCUT2D eigenvalue weighted by Crippen LogP contribution is -2.48. The van der Waals surface area contributed by atoms with Gasteiger partial charge in [-0.3, -0.25) is 9.59 Å². The van der Waals surface area contributed by atoms with Crippen molar-refractivity contribution in [3.63, 3.8) is 0 Å². The van der Waals surface area contributed by atoms with Gasteiger partial charge in [-0.1, -0.05) is 36.6 Å². The summed E-state index contributed by atoms with van der Waals surface area (Å²) in [5.74, 6) is 0.0873. The predicted octanol–water partition coefficient (Wildman–Crippen LogP) is 2.67. The Hall–Kier alpha value is -1.59. The molecule has 0 radical (unpaired) electrons. The second-order valence-corrected chi connectivity index (χ2v) is 7.48. The first kappa shape index (κ1) is 18.2. The van der Waals surface area contributed by atoms with Crippen molar-refractivity contribution in [1.82, 2.24) is 10.2 Å². The van der Waals surface area contributed by atoms with Crippen molar-refractivity contribution >= 4 is 23.4 Å². The second kappa shape index (κ2) is 8.19. The van der Waals surface area contributed by atoms with E-state index in [0.29, 0.717) is 23.7 Å². The SMILES string of the molecule is O=C(NC1CCN(C(=O)C2CCCC2)CC1)[C@@H](O)c1ccc(Cl)cc1. The number of nitrogens with zero attached hydrogens (tertiary/aromatic N) is 1. The largest absolute Gasteiger partial charge is 0.378 e. The van der Waals surface area contributed by atoms with Crippen molar-refractivity contribution in [2.24, 2.45) is 5.92 Å². The summed E-state index contributed by atoms with van der Waals surface area (Å²) in [4.78, 5) is 26.6. The molecule has 3 rings (SSSR count). The third kappa shape index (κ3) is 4.53. The quantitative estimate of drug-likeness (QED) is 0.863. The summed E-state index contributed by atoms with van der Waals surface area (Å²) in [6, 6.07) is 6.61. The number of amides is 2. The summed E-state index contributed by atoms with van der Waals surface area (Å²) in [5.41, 5.74) is 0.524. The maximum atomic E-state index is 12.4. The third-order valence-electron chi connectivity index (χ3n) is 5.29. The van der Waals surface area contributed by atoms with Gasteiger partial charge in [0.2, 0.25) is 5.91 Å². The number of rotatable bonds is 4. The standard InChI is InChI=1S/C19H25ClN2O3/c20-15-7-5-13(6-8-15)17(23)18(24)21-16-9-11-22(12-10-16)19(25)14-3-1-2-4-14/h5-8,14,16-17,23H,1-4,9-12H2,(H,21,24)/t17-/m0/s1. The van der Waals surface area contributed by atoms with Gasteiger partial charge in [-0.2, -0.15) is 0 Å². The lowest BCUT2D eigenvalue weighted by molar-refractivity contribution is -0.136. The number of hydrogen-bond acceptors (Lipinski definition) is 3. The molecule has 1 aliphatic heterocycles. The minimum atomic E-state index is -1.20. The molecule has 136 valence electrons. The number of piperidine rings is 1. The normalized spacial score (nSPS) is 20.5. The van der Waals surface area contributed by atoms with Crippen molar-refractivity contribution < 1.29 is 14.7 Å². The summed E-state index contributed by atoms with van der Waals surface area (Å²) in [7, 11) is 0. The van der Waals surface area contributed by atoms with E-state index in [9.17, 15) is 14.7 Å². The van der Waals surface area contributed by atoms with E-state index in [0.717, 1.165) is 38.5 Å². The van der Waals surface area contributed by atoms with E-state index in [1.807, 2.05) is 4.90 Å². The highest BCUT2D eigenvalue weighted by molar-refractivity contribution is 6.30. The number of halogens is 1. The van der Waals surface area contributed by atoms with Gasteiger partial charge in [-0.25, -0.2) is 0 Å². The van der Waals surface area contributed by atoms with E-state index in [4.69, 9.17) is 11.6 Å². The second-order valence-electron chi connectivity index (χ2n) is 7.04. The molecule has 25 heavy (non-hydrogen) atoms. The predicted molar refractivity (Wildman–Crippen MR) is 96.1 cm³/mol. The fourth-order valence-corrected chi connectivity index (χ4v) is 3.88. The van der Waals surface area contributed by atoms with Crippen LogP contribution < -0.4 is 5.32 Å². The monoisotopic (exact) mass is 364 g/mol. The molecule has 1 aromatic carbocycles. The van der Waals surface area contributed by atoms with Crippen molar-refractivity contribution in [1.29, 1.82) is 0 Å². The molecule has 1 saturated carbocycles. The molecule has 0 spiro atoms. The number of nitrogens with one attached hydrogen (secondary N) is 1. The van der Waals surface area contributed by atoms with Gasteiger partial charge in [0.05, 0.1) is 0 Å². The zero-order valence-electron chi connectivity index (χ0n) is 14.3. The van der Waals surface area contributed by atoms with Crippen molar-refractivity contribution in [2.45, 2.75) is 50.7 Å². The summed E-state index contributed by atoms with van der Waals surface area (Å²) in [5, 5.41) is 13.6. The highest BCUT2D eigenvalue weighted by atomic mass is 35.5. The van der Waals surface area contributed by atoms with Crippen LogP contribution in [0.15, 0.2) is 24.3 Å². The van der Waals surface area contributed by atoms with E-state index in [1.54, 1.807) is 24.3 Å². The Morgan fingerprint density at radius 1 is 1.08 bits per heavy atom. The summed E-state index contributed by atoms with van der Waals surface area (Å²) >= 11 is 5.82. The number of carbonyl (C=O) groups is 2. The molecule has 1 saturated heterocycles. The molecule has 2 amide bonds. The van der Waals surface area contributed by atoms with Crippen molar-refractivity contribution in [2.75, 3.05) is 13.1 Å². The molecule has 5 nitrogen and oxygen atoms in total. The van der Waals surface area contributed by atoms with Crippen LogP contribution in [0.4, 0.5) is 0 Å². The molecule has 0 aromatic heterocycles. The third-order valence-corrected chi connectivity index (χ3v) is 5.54. The van der Waals surface area contributed by atoms with Gasteiger partial charge in [-0.15, -0.1) is 0 Å². The molecule has 0 unspecified atom stereocenters. The first-order valence-electron chi connectivity index (χ1n) is 9.07. The van der Waals surface area contributed by atoms with E-state index < -0.39 is 12.0 Å². The minimum absolute atomic E-state index is 0.00192. The topological polar surface area (TPSA) is 69.6 Å². The van der Waals surface area contributed by atoms with Gasteiger partial charge in [-0.05, 0) is 43.4 Å². The number of aliphatic hydroxyl groups excluding tert-OH is 1. The number of carbonyl (C=O) groups excluding carboxylic acids is 2. The molecule has 1 aliphatic carbocycles. The van der Waals surface area contributed by atoms with Crippen LogP contribution in [0, 0.1) is 5.92 Å². The van der Waals surface area contributed by atoms with Crippen LogP contribution in [0.25, 0.3) is 0 Å². The van der Waals surface area contributed by atoms with E-state index >= 15 is 0 Å². The fraction of sp³-hybridized carbons (Fsp3) is 0.579. The van der Waals surface area contributed by atoms with Crippen LogP contribution in [0.5, 0.6) is 0 Å². The Bertz CT molecular complexity index is 606. The molecule has 2 N–H and O–H groups in total. The van der Waals surface area contributed by atoms with E-state index in [1.165, 1.54) is 0 Å². The Labute approximate surface area is 153 Å². The molecule has 1 heterocycles. The van der Waals surface area contributed by atoms with E-state index in [-0.39, 0.29) is 17.9 Å². The molecule has 2 fully saturated rings. The number of aliphatic hydroxyl groups is 1. The average molecular weight is 365 g/mol. The van der Waals surface area contributed by atoms with Crippen LogP contribution in [0.2, 0.25) is 5.02 Å². The van der Waals surface area contributed by atoms with Crippen LogP contribution in [0.3, 0.4) is 0 Å². The smallest absolute Gasteiger partial charge is 0.253 e. The number of benzene rings is 1. The van der Waals surface area contributed by atoms with Gasteiger partial charge < -0.3 is 15.3 Å². The van der Waals surface area contributed by atoms with Gasteiger partial charge in [0.1, 0.15) is 0 Å². The Morgan fingerprint density at radius 2 is 1.68 bits per heavy atom. The molecular weight excluding hydrogens is 340 g/mol. The summed E-state index contributed by atoms with van der Waals surface area (Å²) in [6.07, 6.45) is 4.62. The van der Waals surface area contributed by atoms with Crippen LogP contribution >= 0.6 is 11.6 Å². The van der Waals surface area contributed by atoms with E-state index in [2.05, 4.69) is 5.32 Å². The van der Waals surface area contributed by atoms with Crippen molar-refractivity contribution in [3.8, 4) is 0 Å². The lowest BCUT2D eigenvalue weighted by Gasteiger charge is -2.34. The molecule has 6 heteroatoms. The molecular formula is C19H25ClN2O3. The van der Waals surface area contributed by atoms with Crippen LogP contribution in [0.1, 0.15) is 50.2 Å². The summed E-state index contributed by atoms with van der Waals surface area (Å²) < 4.78 is 0. The first-order chi connectivity index (χ1) is 12.0. The number of hydrogen-bond donors (Lipinski definition) is 2. The molecule has 1 atom stereocenters. The Balaban J connectivity index is 1.47. The highest BCUT2D eigenvalue weighted by Gasteiger charge is 2.31. The van der Waals surface area contributed by atoms with Gasteiger partial charge in [0, 0.05) is 30.1 Å². The number of likely N-dealkylation sites (tertiary alicyclic amines) is 1. The lowest BCUT2D eigenvalue weighted by atomic mass is 10.0. The Kier molecular flexibility index (Phi) is 5.97. The minimum Gasteiger partial charge on any atom is -0.378 e. The zero-order valence-corrected chi connectivity index (χ0v) is 15.0. The maximum absolute atomic E-state index is 12.4. The summed E-state index contributed by atoms with van der Waals surface area (Å²) in [6.45, 7) is 1.36. The zero-order chi connectivity index (χ0) is 17.8. The first-order valence-corrected chi connectivity index (χ1v) is 9.45. The van der Waals surface area contributed by atoms with Crippen LogP contribution in [-0.4, -0.2) is 41.0 Å².